The van der Waals surface area contributed by atoms with E-state index in [1.165, 1.54) is 4.90 Å². The van der Waals surface area contributed by atoms with E-state index >= 15 is 0 Å². The Labute approximate surface area is 83.5 Å². The average Bonchev–Trinajstić information content (AvgIpc) is 2.31. The summed E-state index contributed by atoms with van der Waals surface area (Å²) in [6.07, 6.45) is 0.295. The summed E-state index contributed by atoms with van der Waals surface area (Å²) in [6.45, 7) is -0.197. The molecule has 1 amide bonds. The summed E-state index contributed by atoms with van der Waals surface area (Å²) in [6, 6.07) is -1.10. The molecule has 74 valence electrons. The minimum atomic E-state index is -1.17. The number of carboxylic acid groups (broad SMARTS) is 1. The fourth-order valence-corrected chi connectivity index (χ4v) is 1.89. The number of aliphatic carboxylic acids is 1. The van der Waals surface area contributed by atoms with Crippen LogP contribution in [0.25, 0.3) is 0 Å². The molecule has 1 aliphatic heterocycles. The highest BCUT2D eigenvalue weighted by Gasteiger charge is 2.36. The number of carboxylic acids is 1. The molecule has 1 aliphatic rings. The molecule has 13 heavy (non-hydrogen) atoms. The van der Waals surface area contributed by atoms with Crippen molar-refractivity contribution >= 4 is 27.8 Å². The first kappa shape index (κ1) is 10.5. The summed E-state index contributed by atoms with van der Waals surface area (Å²) in [4.78, 5) is 23.0. The number of aliphatic hydroxyl groups excluding tert-OH is 1. The maximum absolute atomic E-state index is 11.2. The molecule has 1 fully saturated rings. The summed E-state index contributed by atoms with van der Waals surface area (Å²) >= 11 is 3.23. The number of nitrogens with zero attached hydrogens (tertiary/aromatic N) is 1. The van der Waals surface area contributed by atoms with Gasteiger partial charge in [-0.2, -0.15) is 0 Å². The van der Waals surface area contributed by atoms with Crippen molar-refractivity contribution in [2.75, 3.05) is 13.2 Å². The molecule has 0 aliphatic carbocycles. The second-order valence-corrected chi connectivity index (χ2v) is 4.18. The molecule has 5 nitrogen and oxygen atoms in total. The van der Waals surface area contributed by atoms with Crippen molar-refractivity contribution in [1.82, 2.24) is 4.90 Å². The van der Waals surface area contributed by atoms with Crippen LogP contribution < -0.4 is 0 Å². The van der Waals surface area contributed by atoms with Gasteiger partial charge >= 0.3 is 5.97 Å². The molecular formula is C7H10BrNO4. The van der Waals surface area contributed by atoms with Crippen molar-refractivity contribution in [3.63, 3.8) is 0 Å². The van der Waals surface area contributed by atoms with Crippen LogP contribution in [0, 0.1) is 0 Å². The Morgan fingerprint density at radius 1 is 1.77 bits per heavy atom. The van der Waals surface area contributed by atoms with E-state index in [0.29, 0.717) is 13.0 Å². The van der Waals surface area contributed by atoms with Crippen LogP contribution in [0.4, 0.5) is 0 Å². The number of alkyl halides is 1. The number of likely N-dealkylation sites (tertiary alicyclic amines) is 1. The van der Waals surface area contributed by atoms with Crippen LogP contribution in [0.1, 0.15) is 6.42 Å². The Bertz CT molecular complexity index is 233. The van der Waals surface area contributed by atoms with Crippen molar-refractivity contribution in [2.45, 2.75) is 17.3 Å². The van der Waals surface area contributed by atoms with Crippen LogP contribution in [0.2, 0.25) is 0 Å². The Morgan fingerprint density at radius 3 is 2.69 bits per heavy atom. The van der Waals surface area contributed by atoms with Gasteiger partial charge in [-0.05, 0) is 0 Å². The lowest BCUT2D eigenvalue weighted by Crippen LogP contribution is -2.44. The lowest BCUT2D eigenvalue weighted by molar-refractivity contribution is -0.149. The van der Waals surface area contributed by atoms with E-state index in [2.05, 4.69) is 15.9 Å². The fourth-order valence-electron chi connectivity index (χ4n) is 1.30. The molecule has 1 rings (SSSR count). The molecule has 2 N–H and O–H groups in total. The van der Waals surface area contributed by atoms with Gasteiger partial charge in [0.2, 0.25) is 5.91 Å². The third kappa shape index (κ3) is 2.19. The van der Waals surface area contributed by atoms with E-state index < -0.39 is 18.6 Å². The van der Waals surface area contributed by atoms with Crippen molar-refractivity contribution in [1.29, 1.82) is 0 Å². The van der Waals surface area contributed by atoms with Gasteiger partial charge in [-0.1, -0.05) is 15.9 Å². The smallest absolute Gasteiger partial charge is 0.328 e. The van der Waals surface area contributed by atoms with Gasteiger partial charge in [0.05, 0.1) is 6.61 Å². The molecule has 0 aromatic rings. The second-order valence-electron chi connectivity index (χ2n) is 2.88. The van der Waals surface area contributed by atoms with Crippen LogP contribution in [-0.4, -0.2) is 51.0 Å². The maximum atomic E-state index is 11.2. The first-order valence-electron chi connectivity index (χ1n) is 3.83. The SMILES string of the molecule is O=C(O)C(CO)N1CC(Br)CC1=O. The van der Waals surface area contributed by atoms with Gasteiger partial charge in [-0.3, -0.25) is 4.79 Å². The molecule has 0 spiro atoms. The van der Waals surface area contributed by atoms with Crippen molar-refractivity contribution < 1.29 is 19.8 Å². The molecule has 0 aromatic carbocycles. The van der Waals surface area contributed by atoms with Gasteiger partial charge < -0.3 is 15.1 Å². The molecule has 1 heterocycles. The number of hydrogen-bond acceptors (Lipinski definition) is 3. The lowest BCUT2D eigenvalue weighted by Gasteiger charge is -2.21. The molecule has 2 unspecified atom stereocenters. The van der Waals surface area contributed by atoms with Crippen LogP contribution in [-0.2, 0) is 9.59 Å². The number of halogens is 1. The highest BCUT2D eigenvalue weighted by atomic mass is 79.9. The van der Waals surface area contributed by atoms with Crippen molar-refractivity contribution in [3.8, 4) is 0 Å². The summed E-state index contributed by atoms with van der Waals surface area (Å²) in [5.41, 5.74) is 0. The molecule has 0 aromatic heterocycles. The standard InChI is InChI=1S/C7H10BrNO4/c8-4-1-6(11)9(2-4)5(3-10)7(12)13/h4-5,10H,1-3H2,(H,12,13). The Balaban J connectivity index is 2.69. The molecule has 2 atom stereocenters. The summed E-state index contributed by atoms with van der Waals surface area (Å²) < 4.78 is 0. The van der Waals surface area contributed by atoms with E-state index in [4.69, 9.17) is 10.2 Å². The number of amides is 1. The van der Waals surface area contributed by atoms with Crippen molar-refractivity contribution in [3.05, 3.63) is 0 Å². The van der Waals surface area contributed by atoms with E-state index in [1.807, 2.05) is 0 Å². The van der Waals surface area contributed by atoms with Crippen molar-refractivity contribution in [2.24, 2.45) is 0 Å². The third-order valence-electron chi connectivity index (χ3n) is 1.95. The molecule has 0 saturated carbocycles. The molecule has 0 bridgehead atoms. The first-order chi connectivity index (χ1) is 6.06. The molecule has 0 radical (unpaired) electrons. The van der Waals surface area contributed by atoms with E-state index in [0.717, 1.165) is 0 Å². The lowest BCUT2D eigenvalue weighted by atomic mass is 10.3. The van der Waals surface area contributed by atoms with Crippen LogP contribution in [0.15, 0.2) is 0 Å². The van der Waals surface area contributed by atoms with Crippen LogP contribution in [0.5, 0.6) is 0 Å². The zero-order valence-corrected chi connectivity index (χ0v) is 8.40. The number of hydrogen-bond donors (Lipinski definition) is 2. The third-order valence-corrected chi connectivity index (χ3v) is 2.56. The number of carbonyl (C=O) groups excluding carboxylic acids is 1. The summed E-state index contributed by atoms with van der Waals surface area (Å²) in [5, 5.41) is 17.4. The van der Waals surface area contributed by atoms with Gasteiger partial charge in [0.15, 0.2) is 6.04 Å². The monoisotopic (exact) mass is 251 g/mol. The summed E-state index contributed by atoms with van der Waals surface area (Å²) in [5.74, 6) is -1.40. The molecule has 1 saturated heterocycles. The Hall–Kier alpha value is -0.620. The summed E-state index contributed by atoms with van der Waals surface area (Å²) in [7, 11) is 0. The number of carbonyl (C=O) groups is 2. The van der Waals surface area contributed by atoms with E-state index in [9.17, 15) is 9.59 Å². The largest absolute Gasteiger partial charge is 0.480 e. The Kier molecular flexibility index (Phi) is 3.27. The van der Waals surface area contributed by atoms with E-state index in [1.54, 1.807) is 0 Å². The zero-order valence-electron chi connectivity index (χ0n) is 6.81. The van der Waals surface area contributed by atoms with Crippen LogP contribution in [0.3, 0.4) is 0 Å². The topological polar surface area (TPSA) is 77.8 Å². The Morgan fingerprint density at radius 2 is 2.38 bits per heavy atom. The highest BCUT2D eigenvalue weighted by Crippen LogP contribution is 2.20. The highest BCUT2D eigenvalue weighted by molar-refractivity contribution is 9.09. The molecular weight excluding hydrogens is 242 g/mol. The minimum absolute atomic E-state index is 0.00611. The average molecular weight is 252 g/mol. The van der Waals surface area contributed by atoms with Gasteiger partial charge in [0.25, 0.3) is 0 Å². The quantitative estimate of drug-likeness (QED) is 0.659. The second kappa shape index (κ2) is 4.06. The minimum Gasteiger partial charge on any atom is -0.480 e. The predicted octanol–water partition coefficient (Wildman–Crippen LogP) is -0.572. The number of aliphatic hydroxyl groups is 1. The first-order valence-corrected chi connectivity index (χ1v) is 4.75. The normalized spacial score (nSPS) is 24.9. The van der Waals surface area contributed by atoms with Gasteiger partial charge in [-0.15, -0.1) is 0 Å². The predicted molar refractivity (Wildman–Crippen MR) is 47.6 cm³/mol. The van der Waals surface area contributed by atoms with Gasteiger partial charge in [-0.25, -0.2) is 4.79 Å². The van der Waals surface area contributed by atoms with E-state index in [-0.39, 0.29) is 10.7 Å². The van der Waals surface area contributed by atoms with Gasteiger partial charge in [0.1, 0.15) is 0 Å². The molecule has 6 heteroatoms. The zero-order chi connectivity index (χ0) is 10.0. The number of rotatable bonds is 3. The fraction of sp³-hybridized carbons (Fsp3) is 0.714. The van der Waals surface area contributed by atoms with Crippen LogP contribution >= 0.6 is 15.9 Å². The van der Waals surface area contributed by atoms with Gasteiger partial charge in [0, 0.05) is 17.8 Å². The maximum Gasteiger partial charge on any atom is 0.328 e.